The summed E-state index contributed by atoms with van der Waals surface area (Å²) in [5, 5.41) is 8.93. The van der Waals surface area contributed by atoms with Gasteiger partial charge in [-0.05, 0) is 24.1 Å². The highest BCUT2D eigenvalue weighted by Crippen LogP contribution is 2.24. The Labute approximate surface area is 126 Å². The summed E-state index contributed by atoms with van der Waals surface area (Å²) in [6.07, 6.45) is 0.652. The van der Waals surface area contributed by atoms with Gasteiger partial charge in [-0.2, -0.15) is 4.31 Å². The zero-order valence-electron chi connectivity index (χ0n) is 12.3. The third kappa shape index (κ3) is 3.55. The first-order chi connectivity index (χ1) is 9.98. The molecule has 7 heteroatoms. The number of β-amino-alcohol motifs (C(OH)–C–C–N with tert-alkyl or cyclic N) is 1. The Hall–Kier alpha value is -1.15. The number of hydrogen-bond donors (Lipinski definition) is 2. The Morgan fingerprint density at radius 3 is 2.48 bits per heavy atom. The van der Waals surface area contributed by atoms with Crippen molar-refractivity contribution in [2.75, 3.05) is 45.1 Å². The number of nitrogen functional groups attached to an aromatic ring is 1. The Kier molecular flexibility index (Phi) is 5.21. The van der Waals surface area contributed by atoms with Crippen molar-refractivity contribution in [1.29, 1.82) is 0 Å². The van der Waals surface area contributed by atoms with Crippen molar-refractivity contribution in [2.45, 2.75) is 18.2 Å². The van der Waals surface area contributed by atoms with E-state index in [1.165, 1.54) is 4.31 Å². The summed E-state index contributed by atoms with van der Waals surface area (Å²) in [7, 11) is -3.50. The van der Waals surface area contributed by atoms with Crippen LogP contribution in [0, 0.1) is 0 Å². The van der Waals surface area contributed by atoms with Crippen LogP contribution in [-0.4, -0.2) is 62.1 Å². The molecule has 0 aromatic heterocycles. The van der Waals surface area contributed by atoms with E-state index in [-0.39, 0.29) is 6.61 Å². The van der Waals surface area contributed by atoms with Crippen LogP contribution in [0.5, 0.6) is 0 Å². The van der Waals surface area contributed by atoms with Gasteiger partial charge in [-0.25, -0.2) is 8.42 Å². The Balaban J connectivity index is 2.21. The summed E-state index contributed by atoms with van der Waals surface area (Å²) in [5.74, 6) is 0. The first-order valence-electron chi connectivity index (χ1n) is 7.20. The fraction of sp³-hybridized carbons (Fsp3) is 0.571. The average molecular weight is 313 g/mol. The minimum Gasteiger partial charge on any atom is -0.399 e. The van der Waals surface area contributed by atoms with Crippen LogP contribution in [0.2, 0.25) is 0 Å². The molecular formula is C14H23N3O3S. The lowest BCUT2D eigenvalue weighted by Crippen LogP contribution is -2.49. The molecule has 1 saturated heterocycles. The molecule has 0 unspecified atom stereocenters. The van der Waals surface area contributed by atoms with E-state index in [1.54, 1.807) is 18.2 Å². The van der Waals surface area contributed by atoms with E-state index >= 15 is 0 Å². The number of rotatable bonds is 5. The number of aryl methyl sites for hydroxylation is 1. The highest BCUT2D eigenvalue weighted by atomic mass is 32.2. The predicted octanol–water partition coefficient (Wildman–Crippen LogP) is 0.130. The third-order valence-corrected chi connectivity index (χ3v) is 5.82. The Morgan fingerprint density at radius 1 is 1.24 bits per heavy atom. The maximum absolute atomic E-state index is 12.8. The van der Waals surface area contributed by atoms with Crippen LogP contribution < -0.4 is 5.73 Å². The van der Waals surface area contributed by atoms with Crippen molar-refractivity contribution in [2.24, 2.45) is 0 Å². The summed E-state index contributed by atoms with van der Waals surface area (Å²) in [6.45, 7) is 4.80. The molecule has 1 aromatic carbocycles. The Bertz CT molecular complexity index is 581. The van der Waals surface area contributed by atoms with Gasteiger partial charge in [-0.1, -0.05) is 13.0 Å². The number of sulfonamides is 1. The SMILES string of the molecule is CCc1ccc(N)cc1S(=O)(=O)N1CCN(CCO)CC1. The van der Waals surface area contributed by atoms with E-state index in [2.05, 4.69) is 4.90 Å². The van der Waals surface area contributed by atoms with Crippen LogP contribution in [0.15, 0.2) is 23.1 Å². The molecule has 1 fully saturated rings. The molecule has 0 bridgehead atoms. The van der Waals surface area contributed by atoms with Crippen molar-refractivity contribution in [3.8, 4) is 0 Å². The molecule has 3 N–H and O–H groups in total. The summed E-state index contributed by atoms with van der Waals surface area (Å²) < 4.78 is 27.1. The van der Waals surface area contributed by atoms with Gasteiger partial charge in [0.1, 0.15) is 0 Å². The molecule has 6 nitrogen and oxygen atoms in total. The molecule has 0 radical (unpaired) electrons. The van der Waals surface area contributed by atoms with Gasteiger partial charge in [0, 0.05) is 38.4 Å². The molecule has 0 atom stereocenters. The third-order valence-electron chi connectivity index (χ3n) is 3.84. The number of aliphatic hydroxyl groups excluding tert-OH is 1. The molecule has 0 amide bonds. The van der Waals surface area contributed by atoms with Crippen LogP contribution in [0.25, 0.3) is 0 Å². The van der Waals surface area contributed by atoms with E-state index in [0.29, 0.717) is 49.7 Å². The maximum Gasteiger partial charge on any atom is 0.243 e. The molecule has 118 valence electrons. The highest BCUT2D eigenvalue weighted by molar-refractivity contribution is 7.89. The topological polar surface area (TPSA) is 86.9 Å². The normalized spacial score (nSPS) is 18.0. The van der Waals surface area contributed by atoms with Crippen molar-refractivity contribution >= 4 is 15.7 Å². The molecule has 21 heavy (non-hydrogen) atoms. The van der Waals surface area contributed by atoms with Gasteiger partial charge in [-0.15, -0.1) is 0 Å². The van der Waals surface area contributed by atoms with E-state index in [4.69, 9.17) is 10.8 Å². The molecule has 1 heterocycles. The number of benzene rings is 1. The number of aliphatic hydroxyl groups is 1. The second kappa shape index (κ2) is 6.74. The predicted molar refractivity (Wildman–Crippen MR) is 82.5 cm³/mol. The molecule has 0 saturated carbocycles. The number of piperazine rings is 1. The van der Waals surface area contributed by atoms with Crippen molar-refractivity contribution in [3.63, 3.8) is 0 Å². The Morgan fingerprint density at radius 2 is 1.90 bits per heavy atom. The number of hydrogen-bond acceptors (Lipinski definition) is 5. The van der Waals surface area contributed by atoms with Gasteiger partial charge < -0.3 is 10.8 Å². The van der Waals surface area contributed by atoms with E-state index in [9.17, 15) is 8.42 Å². The number of anilines is 1. The maximum atomic E-state index is 12.8. The van der Waals surface area contributed by atoms with Crippen molar-refractivity contribution in [1.82, 2.24) is 9.21 Å². The molecule has 0 spiro atoms. The summed E-state index contributed by atoms with van der Waals surface area (Å²) in [5.41, 5.74) is 7.01. The fourth-order valence-corrected chi connectivity index (χ4v) is 4.33. The van der Waals surface area contributed by atoms with Crippen LogP contribution in [0.4, 0.5) is 5.69 Å². The summed E-state index contributed by atoms with van der Waals surface area (Å²) in [6, 6.07) is 5.07. The number of nitrogens with zero attached hydrogens (tertiary/aromatic N) is 2. The average Bonchev–Trinajstić information content (AvgIpc) is 2.48. The zero-order chi connectivity index (χ0) is 15.5. The molecule has 1 aliphatic heterocycles. The van der Waals surface area contributed by atoms with Gasteiger partial charge in [0.2, 0.25) is 10.0 Å². The summed E-state index contributed by atoms with van der Waals surface area (Å²) >= 11 is 0. The van der Waals surface area contributed by atoms with Crippen LogP contribution in [-0.2, 0) is 16.4 Å². The monoisotopic (exact) mass is 313 g/mol. The quantitative estimate of drug-likeness (QED) is 0.755. The smallest absolute Gasteiger partial charge is 0.243 e. The first kappa shape index (κ1) is 16.2. The van der Waals surface area contributed by atoms with E-state index < -0.39 is 10.0 Å². The fourth-order valence-electron chi connectivity index (χ4n) is 2.58. The molecule has 1 aliphatic rings. The first-order valence-corrected chi connectivity index (χ1v) is 8.64. The minimum atomic E-state index is -3.50. The lowest BCUT2D eigenvalue weighted by atomic mass is 10.1. The lowest BCUT2D eigenvalue weighted by Gasteiger charge is -2.33. The standard InChI is InChI=1S/C14H23N3O3S/c1-2-12-3-4-13(15)11-14(12)21(19,20)17-7-5-16(6-8-17)9-10-18/h3-4,11,18H,2,5-10,15H2,1H3. The molecule has 2 rings (SSSR count). The largest absolute Gasteiger partial charge is 0.399 e. The lowest BCUT2D eigenvalue weighted by molar-refractivity contribution is 0.151. The van der Waals surface area contributed by atoms with Crippen LogP contribution >= 0.6 is 0 Å². The van der Waals surface area contributed by atoms with E-state index in [0.717, 1.165) is 5.56 Å². The van der Waals surface area contributed by atoms with Gasteiger partial charge in [0.15, 0.2) is 0 Å². The second-order valence-electron chi connectivity index (χ2n) is 5.19. The molecule has 0 aliphatic carbocycles. The summed E-state index contributed by atoms with van der Waals surface area (Å²) in [4.78, 5) is 2.38. The number of nitrogens with two attached hydrogens (primary N) is 1. The highest BCUT2D eigenvalue weighted by Gasteiger charge is 2.29. The molecular weight excluding hydrogens is 290 g/mol. The van der Waals surface area contributed by atoms with Crippen LogP contribution in [0.1, 0.15) is 12.5 Å². The van der Waals surface area contributed by atoms with Gasteiger partial charge in [0.25, 0.3) is 0 Å². The van der Waals surface area contributed by atoms with Gasteiger partial charge in [0.05, 0.1) is 11.5 Å². The van der Waals surface area contributed by atoms with Crippen LogP contribution in [0.3, 0.4) is 0 Å². The second-order valence-corrected chi connectivity index (χ2v) is 7.10. The van der Waals surface area contributed by atoms with Crippen molar-refractivity contribution in [3.05, 3.63) is 23.8 Å². The minimum absolute atomic E-state index is 0.0992. The van der Waals surface area contributed by atoms with E-state index in [1.807, 2.05) is 6.92 Å². The zero-order valence-corrected chi connectivity index (χ0v) is 13.1. The molecule has 1 aromatic rings. The van der Waals surface area contributed by atoms with Crippen molar-refractivity contribution < 1.29 is 13.5 Å². The van der Waals surface area contributed by atoms with Gasteiger partial charge in [-0.3, -0.25) is 4.90 Å². The van der Waals surface area contributed by atoms with Gasteiger partial charge >= 0.3 is 0 Å².